The second-order valence-electron chi connectivity index (χ2n) is 6.37. The summed E-state index contributed by atoms with van der Waals surface area (Å²) in [6.45, 7) is 1.19. The molecule has 1 aliphatic heterocycles. The molecule has 3 heterocycles. The number of H-pyrrole nitrogens is 1. The number of nitrogens with zero attached hydrogens (tertiary/aromatic N) is 3. The topological polar surface area (TPSA) is 148 Å². The van der Waals surface area contributed by atoms with Gasteiger partial charge in [-0.25, -0.2) is 13.8 Å². The fourth-order valence-electron chi connectivity index (χ4n) is 3.21. The number of hydrogen-bond acceptors (Lipinski definition) is 7. The molecule has 2 aromatic rings. The van der Waals surface area contributed by atoms with Gasteiger partial charge in [-0.05, 0) is 6.42 Å². The van der Waals surface area contributed by atoms with Gasteiger partial charge in [-0.1, -0.05) is 13.3 Å². The van der Waals surface area contributed by atoms with E-state index in [0.29, 0.717) is 6.42 Å². The van der Waals surface area contributed by atoms with Gasteiger partial charge in [0.1, 0.15) is 18.9 Å². The third-order valence-electron chi connectivity index (χ3n) is 4.52. The van der Waals surface area contributed by atoms with Crippen molar-refractivity contribution < 1.29 is 19.3 Å². The molecule has 144 valence electrons. The standard InChI is InChI=1S/C15H22FN5O5/c1-2-3-4-20-10-11(18-14(17)19-12(10)24)21(15(20)25)13-7(22)5-9(26-13)8(23)6-16/h7-9,13,22-23H,2-6H2,1H3,(H3,17,18,19,24)/t7-,8?,9+,13-/m1/s1. The van der Waals surface area contributed by atoms with E-state index < -0.39 is 42.5 Å². The molecule has 11 heteroatoms. The summed E-state index contributed by atoms with van der Waals surface area (Å²) in [4.78, 5) is 31.6. The highest BCUT2D eigenvalue weighted by molar-refractivity contribution is 5.71. The molecule has 5 N–H and O–H groups in total. The van der Waals surface area contributed by atoms with Gasteiger partial charge < -0.3 is 20.7 Å². The molecule has 1 fully saturated rings. The van der Waals surface area contributed by atoms with Crippen molar-refractivity contribution in [2.45, 2.75) is 57.3 Å². The van der Waals surface area contributed by atoms with Crippen LogP contribution in [0.15, 0.2) is 9.59 Å². The number of aromatic amines is 1. The van der Waals surface area contributed by atoms with Gasteiger partial charge in [0.15, 0.2) is 17.4 Å². The first-order chi connectivity index (χ1) is 12.4. The van der Waals surface area contributed by atoms with Crippen LogP contribution in [0.1, 0.15) is 32.4 Å². The Morgan fingerprint density at radius 1 is 1.50 bits per heavy atom. The Morgan fingerprint density at radius 2 is 2.23 bits per heavy atom. The normalized spacial score (nSPS) is 24.4. The highest BCUT2D eigenvalue weighted by atomic mass is 19.1. The summed E-state index contributed by atoms with van der Waals surface area (Å²) in [5, 5.41) is 19.9. The number of fused-ring (bicyclic) bond motifs is 1. The Bertz CT molecular complexity index is 906. The molecule has 26 heavy (non-hydrogen) atoms. The van der Waals surface area contributed by atoms with E-state index in [2.05, 4.69) is 9.97 Å². The molecule has 10 nitrogen and oxygen atoms in total. The van der Waals surface area contributed by atoms with Crippen LogP contribution in [0.3, 0.4) is 0 Å². The zero-order chi connectivity index (χ0) is 19.0. The number of nitrogen functional groups attached to an aromatic ring is 1. The van der Waals surface area contributed by atoms with Crippen LogP contribution in [-0.2, 0) is 11.3 Å². The molecular weight excluding hydrogens is 349 g/mol. The maximum absolute atomic E-state index is 12.9. The highest BCUT2D eigenvalue weighted by Gasteiger charge is 2.41. The van der Waals surface area contributed by atoms with E-state index in [1.54, 1.807) is 0 Å². The van der Waals surface area contributed by atoms with E-state index in [9.17, 15) is 24.2 Å². The Kier molecular flexibility index (Phi) is 5.12. The van der Waals surface area contributed by atoms with Gasteiger partial charge in [0, 0.05) is 13.0 Å². The third kappa shape index (κ3) is 3.02. The van der Waals surface area contributed by atoms with Gasteiger partial charge >= 0.3 is 5.69 Å². The SMILES string of the molecule is CCCCn1c(=O)n([C@@H]2O[C@H](C(O)CF)C[C@H]2O)c2nc(N)[nH]c(=O)c21. The minimum atomic E-state index is -1.42. The minimum Gasteiger partial charge on any atom is -0.388 e. The number of nitrogens with one attached hydrogen (secondary N) is 1. The number of aryl methyl sites for hydroxylation is 1. The van der Waals surface area contributed by atoms with Crippen LogP contribution >= 0.6 is 0 Å². The number of aliphatic hydroxyl groups is 2. The lowest BCUT2D eigenvalue weighted by molar-refractivity contribution is -0.0797. The molecule has 0 saturated carbocycles. The molecular formula is C15H22FN5O5. The molecule has 0 radical (unpaired) electrons. The second-order valence-corrected chi connectivity index (χ2v) is 6.37. The number of aliphatic hydroxyl groups excluding tert-OH is 2. The van der Waals surface area contributed by atoms with Gasteiger partial charge in [0.25, 0.3) is 5.56 Å². The molecule has 2 aromatic heterocycles. The van der Waals surface area contributed by atoms with E-state index in [0.717, 1.165) is 11.0 Å². The van der Waals surface area contributed by atoms with Crippen LogP contribution in [-0.4, -0.2) is 54.3 Å². The van der Waals surface area contributed by atoms with Crippen molar-refractivity contribution in [3.8, 4) is 0 Å². The van der Waals surface area contributed by atoms with Crippen LogP contribution in [0, 0.1) is 0 Å². The predicted octanol–water partition coefficient (Wildman–Crippen LogP) is -0.753. The first kappa shape index (κ1) is 18.5. The summed E-state index contributed by atoms with van der Waals surface area (Å²) in [6, 6.07) is 0. The molecule has 1 unspecified atom stereocenters. The summed E-state index contributed by atoms with van der Waals surface area (Å²) >= 11 is 0. The van der Waals surface area contributed by atoms with Gasteiger partial charge in [-0.3, -0.25) is 14.3 Å². The lowest BCUT2D eigenvalue weighted by Gasteiger charge is -2.17. The largest absolute Gasteiger partial charge is 0.388 e. The van der Waals surface area contributed by atoms with Crippen LogP contribution in [0.4, 0.5) is 10.3 Å². The predicted molar refractivity (Wildman–Crippen MR) is 90.4 cm³/mol. The van der Waals surface area contributed by atoms with E-state index in [1.807, 2.05) is 6.92 Å². The second kappa shape index (κ2) is 7.17. The lowest BCUT2D eigenvalue weighted by atomic mass is 10.1. The molecule has 4 atom stereocenters. The highest BCUT2D eigenvalue weighted by Crippen LogP contribution is 2.31. The summed E-state index contributed by atoms with van der Waals surface area (Å²) in [5.41, 5.74) is 4.45. The number of ether oxygens (including phenoxy) is 1. The fourth-order valence-corrected chi connectivity index (χ4v) is 3.21. The van der Waals surface area contributed by atoms with Crippen molar-refractivity contribution in [1.82, 2.24) is 19.1 Å². The molecule has 1 saturated heterocycles. The van der Waals surface area contributed by atoms with Crippen molar-refractivity contribution in [2.24, 2.45) is 0 Å². The Labute approximate surface area is 147 Å². The Balaban J connectivity index is 2.15. The number of alkyl halides is 1. The van der Waals surface area contributed by atoms with Gasteiger partial charge in [-0.15, -0.1) is 0 Å². The first-order valence-electron chi connectivity index (χ1n) is 8.47. The van der Waals surface area contributed by atoms with Gasteiger partial charge in [0.05, 0.1) is 6.10 Å². The van der Waals surface area contributed by atoms with Crippen molar-refractivity contribution in [2.75, 3.05) is 12.4 Å². The molecule has 0 bridgehead atoms. The summed E-state index contributed by atoms with van der Waals surface area (Å²) < 4.78 is 20.5. The van der Waals surface area contributed by atoms with Crippen molar-refractivity contribution in [3.05, 3.63) is 20.8 Å². The molecule has 3 rings (SSSR count). The van der Waals surface area contributed by atoms with Crippen LogP contribution in [0.5, 0.6) is 0 Å². The van der Waals surface area contributed by atoms with Crippen molar-refractivity contribution >= 4 is 17.1 Å². The Hall–Kier alpha value is -2.24. The number of rotatable bonds is 6. The molecule has 0 aromatic carbocycles. The van der Waals surface area contributed by atoms with Gasteiger partial charge in [-0.2, -0.15) is 4.98 Å². The summed E-state index contributed by atoms with van der Waals surface area (Å²) in [6.07, 6.45) is -3.37. The third-order valence-corrected chi connectivity index (χ3v) is 4.52. The quantitative estimate of drug-likeness (QED) is 0.522. The number of imidazole rings is 1. The van der Waals surface area contributed by atoms with E-state index in [1.165, 1.54) is 4.57 Å². The van der Waals surface area contributed by atoms with Gasteiger partial charge in [0.2, 0.25) is 5.95 Å². The maximum atomic E-state index is 12.9. The lowest BCUT2D eigenvalue weighted by Crippen LogP contribution is -2.32. The average Bonchev–Trinajstić information content (AvgIpc) is 3.09. The van der Waals surface area contributed by atoms with Crippen molar-refractivity contribution in [3.63, 3.8) is 0 Å². The smallest absolute Gasteiger partial charge is 0.332 e. The van der Waals surface area contributed by atoms with E-state index in [-0.39, 0.29) is 30.1 Å². The number of halogens is 1. The maximum Gasteiger partial charge on any atom is 0.332 e. The number of hydrogen-bond donors (Lipinski definition) is 4. The molecule has 1 aliphatic rings. The molecule has 0 spiro atoms. The summed E-state index contributed by atoms with van der Waals surface area (Å²) in [7, 11) is 0. The molecule has 0 aliphatic carbocycles. The first-order valence-corrected chi connectivity index (χ1v) is 8.47. The zero-order valence-electron chi connectivity index (χ0n) is 14.3. The monoisotopic (exact) mass is 371 g/mol. The number of unbranched alkanes of at least 4 members (excludes halogenated alkanes) is 1. The Morgan fingerprint density at radius 3 is 2.88 bits per heavy atom. The fraction of sp³-hybridized carbons (Fsp3) is 0.667. The average molecular weight is 371 g/mol. The van der Waals surface area contributed by atoms with Crippen molar-refractivity contribution in [1.29, 1.82) is 0 Å². The molecule has 0 amide bonds. The van der Waals surface area contributed by atoms with E-state index >= 15 is 0 Å². The van der Waals surface area contributed by atoms with Crippen LogP contribution in [0.25, 0.3) is 11.2 Å². The van der Waals surface area contributed by atoms with Crippen LogP contribution < -0.4 is 17.0 Å². The minimum absolute atomic E-state index is 0.0215. The number of anilines is 1. The summed E-state index contributed by atoms with van der Waals surface area (Å²) in [5.74, 6) is -0.184. The zero-order valence-corrected chi connectivity index (χ0v) is 14.3. The van der Waals surface area contributed by atoms with E-state index in [4.69, 9.17) is 10.5 Å². The number of aromatic nitrogens is 4. The number of nitrogens with two attached hydrogens (primary N) is 1. The van der Waals surface area contributed by atoms with Crippen LogP contribution in [0.2, 0.25) is 0 Å².